The van der Waals surface area contributed by atoms with Gasteiger partial charge >= 0.3 is 0 Å². The zero-order chi connectivity index (χ0) is 15.1. The van der Waals surface area contributed by atoms with Crippen molar-refractivity contribution in [1.29, 1.82) is 0 Å². The summed E-state index contributed by atoms with van der Waals surface area (Å²) in [5.74, 6) is 0.265. The van der Waals surface area contributed by atoms with Crippen molar-refractivity contribution in [1.82, 2.24) is 9.78 Å². The summed E-state index contributed by atoms with van der Waals surface area (Å²) in [5.41, 5.74) is 7.55. The summed E-state index contributed by atoms with van der Waals surface area (Å²) in [7, 11) is 0. The Kier molecular flexibility index (Phi) is 5.51. The number of carbonyl (C=O) groups is 1. The molecule has 0 spiro atoms. The van der Waals surface area contributed by atoms with Gasteiger partial charge in [-0.15, -0.1) is 0 Å². The van der Waals surface area contributed by atoms with Gasteiger partial charge in [0.25, 0.3) is 0 Å². The van der Waals surface area contributed by atoms with Crippen LogP contribution in [-0.4, -0.2) is 22.2 Å². The first-order valence-corrected chi connectivity index (χ1v) is 7.27. The van der Waals surface area contributed by atoms with Gasteiger partial charge in [0.05, 0.1) is 6.54 Å². The summed E-state index contributed by atoms with van der Waals surface area (Å²) in [5, 5.41) is 7.12. The van der Waals surface area contributed by atoms with Gasteiger partial charge in [-0.3, -0.25) is 9.48 Å². The van der Waals surface area contributed by atoms with Crippen LogP contribution >= 0.6 is 0 Å². The predicted molar refractivity (Wildman–Crippen MR) is 83.9 cm³/mol. The lowest BCUT2D eigenvalue weighted by molar-refractivity contribution is -0.117. The highest BCUT2D eigenvalue weighted by Gasteiger charge is 2.10. The molecule has 1 atom stereocenters. The molecular weight excluding hydrogens is 264 g/mol. The van der Waals surface area contributed by atoms with Gasteiger partial charge in [0.15, 0.2) is 0 Å². The van der Waals surface area contributed by atoms with Crippen LogP contribution in [0, 0.1) is 5.92 Å². The van der Waals surface area contributed by atoms with E-state index in [4.69, 9.17) is 5.73 Å². The third-order valence-electron chi connectivity index (χ3n) is 3.50. The first-order valence-electron chi connectivity index (χ1n) is 7.27. The SMILES string of the molecule is CCC(CN)CC(=O)Nc1cccc(Cn2cccn2)c1. The molecule has 1 unspecified atom stereocenters. The van der Waals surface area contributed by atoms with E-state index in [-0.39, 0.29) is 11.8 Å². The highest BCUT2D eigenvalue weighted by molar-refractivity contribution is 5.90. The summed E-state index contributed by atoms with van der Waals surface area (Å²) < 4.78 is 1.85. The van der Waals surface area contributed by atoms with Crippen LogP contribution in [-0.2, 0) is 11.3 Å². The van der Waals surface area contributed by atoms with Gasteiger partial charge in [0, 0.05) is 24.5 Å². The van der Waals surface area contributed by atoms with Crippen molar-refractivity contribution >= 4 is 11.6 Å². The number of hydrogen-bond acceptors (Lipinski definition) is 3. The van der Waals surface area contributed by atoms with Crippen molar-refractivity contribution in [3.05, 3.63) is 48.3 Å². The van der Waals surface area contributed by atoms with Crippen LogP contribution in [0.2, 0.25) is 0 Å². The molecule has 2 rings (SSSR count). The fourth-order valence-corrected chi connectivity index (χ4v) is 2.20. The Bertz CT molecular complexity index is 561. The van der Waals surface area contributed by atoms with Gasteiger partial charge in [-0.1, -0.05) is 25.5 Å². The minimum Gasteiger partial charge on any atom is -0.330 e. The summed E-state index contributed by atoms with van der Waals surface area (Å²) >= 11 is 0. The molecule has 0 aliphatic carbocycles. The lowest BCUT2D eigenvalue weighted by Crippen LogP contribution is -2.21. The molecule has 5 nitrogen and oxygen atoms in total. The topological polar surface area (TPSA) is 72.9 Å². The molecule has 1 amide bonds. The van der Waals surface area contributed by atoms with E-state index in [0.29, 0.717) is 19.5 Å². The summed E-state index contributed by atoms with van der Waals surface area (Å²) in [6.07, 6.45) is 5.06. The van der Waals surface area contributed by atoms with E-state index in [1.165, 1.54) is 0 Å². The molecule has 0 bridgehead atoms. The van der Waals surface area contributed by atoms with Crippen LogP contribution < -0.4 is 11.1 Å². The lowest BCUT2D eigenvalue weighted by atomic mass is 10.0. The van der Waals surface area contributed by atoms with E-state index in [0.717, 1.165) is 17.7 Å². The molecule has 0 fully saturated rings. The van der Waals surface area contributed by atoms with Gasteiger partial charge in [-0.05, 0) is 36.2 Å². The van der Waals surface area contributed by atoms with Gasteiger partial charge in [0.2, 0.25) is 5.91 Å². The van der Waals surface area contributed by atoms with Crippen molar-refractivity contribution in [3.63, 3.8) is 0 Å². The number of nitrogens with one attached hydrogen (secondary N) is 1. The highest BCUT2D eigenvalue weighted by atomic mass is 16.1. The Hall–Kier alpha value is -2.14. The second kappa shape index (κ2) is 7.59. The zero-order valence-electron chi connectivity index (χ0n) is 12.3. The fraction of sp³-hybridized carbons (Fsp3) is 0.375. The first-order chi connectivity index (χ1) is 10.2. The van der Waals surface area contributed by atoms with E-state index in [9.17, 15) is 4.79 Å². The molecule has 0 saturated carbocycles. The number of hydrogen-bond donors (Lipinski definition) is 2. The van der Waals surface area contributed by atoms with E-state index in [1.807, 2.05) is 41.2 Å². The van der Waals surface area contributed by atoms with Crippen molar-refractivity contribution in [2.75, 3.05) is 11.9 Å². The Morgan fingerprint density at radius 1 is 1.43 bits per heavy atom. The van der Waals surface area contributed by atoms with Gasteiger partial charge in [0.1, 0.15) is 0 Å². The molecule has 0 aliphatic heterocycles. The molecule has 3 N–H and O–H groups in total. The number of amides is 1. The number of rotatable bonds is 7. The number of nitrogens with two attached hydrogens (primary N) is 1. The van der Waals surface area contributed by atoms with Crippen molar-refractivity contribution < 1.29 is 4.79 Å². The number of carbonyl (C=O) groups excluding carboxylic acids is 1. The van der Waals surface area contributed by atoms with Crippen LogP contribution in [0.5, 0.6) is 0 Å². The number of nitrogens with zero attached hydrogens (tertiary/aromatic N) is 2. The zero-order valence-corrected chi connectivity index (χ0v) is 12.3. The Morgan fingerprint density at radius 3 is 2.95 bits per heavy atom. The summed E-state index contributed by atoms with van der Waals surface area (Å²) in [4.78, 5) is 12.0. The molecule has 0 saturated heterocycles. The van der Waals surface area contributed by atoms with Gasteiger partial charge in [-0.25, -0.2) is 0 Å². The second-order valence-corrected chi connectivity index (χ2v) is 5.17. The maximum Gasteiger partial charge on any atom is 0.224 e. The minimum atomic E-state index is 0.0172. The van der Waals surface area contributed by atoms with Gasteiger partial charge in [-0.2, -0.15) is 5.10 Å². The smallest absolute Gasteiger partial charge is 0.224 e. The van der Waals surface area contributed by atoms with E-state index < -0.39 is 0 Å². The number of benzene rings is 1. The molecule has 0 radical (unpaired) electrons. The van der Waals surface area contributed by atoms with E-state index in [1.54, 1.807) is 6.20 Å². The molecule has 2 aromatic rings. The normalized spacial score (nSPS) is 12.1. The van der Waals surface area contributed by atoms with Crippen molar-refractivity contribution in [2.24, 2.45) is 11.7 Å². The predicted octanol–water partition coefficient (Wildman–Crippen LogP) is 2.24. The van der Waals surface area contributed by atoms with Gasteiger partial charge < -0.3 is 11.1 Å². The third-order valence-corrected chi connectivity index (χ3v) is 3.50. The van der Waals surface area contributed by atoms with Crippen LogP contribution in [0.15, 0.2) is 42.7 Å². The molecule has 5 heteroatoms. The third kappa shape index (κ3) is 4.72. The molecular formula is C16H22N4O. The standard InChI is InChI=1S/C16H22N4O/c1-2-13(11-17)10-16(21)19-15-6-3-5-14(9-15)12-20-8-4-7-18-20/h3-9,13H,2,10-12,17H2,1H3,(H,19,21). The first kappa shape index (κ1) is 15.3. The summed E-state index contributed by atoms with van der Waals surface area (Å²) in [6.45, 7) is 3.29. The summed E-state index contributed by atoms with van der Waals surface area (Å²) in [6, 6.07) is 9.72. The fourth-order valence-electron chi connectivity index (χ4n) is 2.20. The largest absolute Gasteiger partial charge is 0.330 e. The number of anilines is 1. The number of aromatic nitrogens is 2. The van der Waals surface area contributed by atoms with Crippen LogP contribution in [0.1, 0.15) is 25.3 Å². The molecule has 1 aromatic carbocycles. The Morgan fingerprint density at radius 2 is 2.29 bits per heavy atom. The molecule has 112 valence electrons. The van der Waals surface area contributed by atoms with Crippen molar-refractivity contribution in [2.45, 2.75) is 26.3 Å². The van der Waals surface area contributed by atoms with Crippen LogP contribution in [0.3, 0.4) is 0 Å². The maximum absolute atomic E-state index is 12.0. The average Bonchev–Trinajstić information content (AvgIpc) is 2.98. The highest BCUT2D eigenvalue weighted by Crippen LogP contribution is 2.14. The van der Waals surface area contributed by atoms with Crippen molar-refractivity contribution in [3.8, 4) is 0 Å². The molecule has 1 aromatic heterocycles. The lowest BCUT2D eigenvalue weighted by Gasteiger charge is -2.12. The molecule has 21 heavy (non-hydrogen) atoms. The minimum absolute atomic E-state index is 0.0172. The molecule has 1 heterocycles. The Labute approximate surface area is 125 Å². The average molecular weight is 286 g/mol. The monoisotopic (exact) mass is 286 g/mol. The van der Waals surface area contributed by atoms with E-state index >= 15 is 0 Å². The molecule has 0 aliphatic rings. The van der Waals surface area contributed by atoms with E-state index in [2.05, 4.69) is 17.3 Å². The Balaban J connectivity index is 1.96. The maximum atomic E-state index is 12.0. The second-order valence-electron chi connectivity index (χ2n) is 5.17. The van der Waals surface area contributed by atoms with Crippen LogP contribution in [0.25, 0.3) is 0 Å². The van der Waals surface area contributed by atoms with Crippen LogP contribution in [0.4, 0.5) is 5.69 Å². The quantitative estimate of drug-likeness (QED) is 0.820.